The lowest BCUT2D eigenvalue weighted by atomic mass is 9.91. The van der Waals surface area contributed by atoms with Crippen molar-refractivity contribution in [1.82, 2.24) is 9.97 Å². The fraction of sp³-hybridized carbons (Fsp3) is 0.733. The average Bonchev–Trinajstić information content (AvgIpc) is 2.77. The van der Waals surface area contributed by atoms with E-state index in [2.05, 4.69) is 30.7 Å². The summed E-state index contributed by atoms with van der Waals surface area (Å²) in [7, 11) is 0. The number of hydrogen-bond acceptors (Lipinski definition) is 3. The van der Waals surface area contributed by atoms with Gasteiger partial charge in [-0.05, 0) is 38.7 Å². The van der Waals surface area contributed by atoms with Gasteiger partial charge in [0.05, 0.1) is 0 Å². The molecule has 1 saturated carbocycles. The molecule has 19 heavy (non-hydrogen) atoms. The van der Waals surface area contributed by atoms with Crippen molar-refractivity contribution in [3.8, 4) is 0 Å². The zero-order chi connectivity index (χ0) is 14.1. The molecule has 0 amide bonds. The van der Waals surface area contributed by atoms with Crippen molar-refractivity contribution < 1.29 is 4.74 Å². The summed E-state index contributed by atoms with van der Waals surface area (Å²) < 4.78 is 6.72. The standard InChI is InChI=1S/C15H24N2OS/c1-5-18-15(8-6-7-9-15)13-16-11(14(2,3)4)10-12(19)17-13/h10H,5-9H2,1-4H3,(H,16,17,19). The maximum atomic E-state index is 6.06. The number of aromatic nitrogens is 2. The molecule has 1 aromatic rings. The van der Waals surface area contributed by atoms with E-state index in [1.54, 1.807) is 0 Å². The van der Waals surface area contributed by atoms with Crippen LogP contribution in [-0.2, 0) is 15.8 Å². The van der Waals surface area contributed by atoms with Crippen molar-refractivity contribution in [2.24, 2.45) is 0 Å². The normalized spacial score (nSPS) is 18.7. The zero-order valence-electron chi connectivity index (χ0n) is 12.4. The summed E-state index contributed by atoms with van der Waals surface area (Å²) >= 11 is 5.34. The highest BCUT2D eigenvalue weighted by Crippen LogP contribution is 2.40. The van der Waals surface area contributed by atoms with Gasteiger partial charge in [-0.3, -0.25) is 0 Å². The monoisotopic (exact) mass is 280 g/mol. The van der Waals surface area contributed by atoms with E-state index in [0.717, 1.165) is 24.4 Å². The second kappa shape index (κ2) is 5.33. The number of H-pyrrole nitrogens is 1. The summed E-state index contributed by atoms with van der Waals surface area (Å²) in [5, 5.41) is 0. The van der Waals surface area contributed by atoms with Crippen LogP contribution in [0.2, 0.25) is 0 Å². The summed E-state index contributed by atoms with van der Waals surface area (Å²) in [6.07, 6.45) is 4.46. The van der Waals surface area contributed by atoms with E-state index in [0.29, 0.717) is 11.2 Å². The number of nitrogens with zero attached hydrogens (tertiary/aromatic N) is 1. The first-order valence-corrected chi connectivity index (χ1v) is 7.54. The number of ether oxygens (including phenoxy) is 1. The summed E-state index contributed by atoms with van der Waals surface area (Å²) in [6, 6.07) is 1.97. The molecule has 106 valence electrons. The fourth-order valence-corrected chi connectivity index (χ4v) is 2.96. The third-order valence-corrected chi connectivity index (χ3v) is 4.02. The highest BCUT2D eigenvalue weighted by molar-refractivity contribution is 7.71. The predicted molar refractivity (Wildman–Crippen MR) is 79.9 cm³/mol. The molecule has 1 aliphatic rings. The Morgan fingerprint density at radius 1 is 1.37 bits per heavy atom. The molecule has 0 unspecified atom stereocenters. The highest BCUT2D eigenvalue weighted by Gasteiger charge is 2.39. The Morgan fingerprint density at radius 2 is 2.00 bits per heavy atom. The molecular weight excluding hydrogens is 256 g/mol. The number of hydrogen-bond donors (Lipinski definition) is 1. The molecule has 1 fully saturated rings. The van der Waals surface area contributed by atoms with E-state index < -0.39 is 0 Å². The van der Waals surface area contributed by atoms with Gasteiger partial charge in [0, 0.05) is 17.7 Å². The Labute approximate surface area is 120 Å². The van der Waals surface area contributed by atoms with Crippen LogP contribution in [-0.4, -0.2) is 16.6 Å². The molecule has 0 bridgehead atoms. The van der Waals surface area contributed by atoms with Gasteiger partial charge in [0.25, 0.3) is 0 Å². The van der Waals surface area contributed by atoms with Gasteiger partial charge < -0.3 is 9.72 Å². The van der Waals surface area contributed by atoms with E-state index in [1.807, 2.05) is 13.0 Å². The second-order valence-electron chi connectivity index (χ2n) is 6.37. The Kier molecular flexibility index (Phi) is 4.11. The molecule has 4 heteroatoms. The summed E-state index contributed by atoms with van der Waals surface area (Å²) in [5.41, 5.74) is 0.925. The smallest absolute Gasteiger partial charge is 0.140 e. The van der Waals surface area contributed by atoms with Crippen molar-refractivity contribution >= 4 is 12.2 Å². The molecule has 2 rings (SSSR count). The van der Waals surface area contributed by atoms with Gasteiger partial charge >= 0.3 is 0 Å². The Balaban J connectivity index is 2.49. The van der Waals surface area contributed by atoms with Gasteiger partial charge in [-0.2, -0.15) is 0 Å². The second-order valence-corrected chi connectivity index (χ2v) is 6.78. The van der Waals surface area contributed by atoms with Crippen LogP contribution in [0.3, 0.4) is 0 Å². The van der Waals surface area contributed by atoms with Crippen LogP contribution < -0.4 is 0 Å². The SMILES string of the molecule is CCOC1(c2nc(=S)cc(C(C)(C)C)[nH]2)CCCC1. The molecule has 1 heterocycles. The van der Waals surface area contributed by atoms with Gasteiger partial charge in [0.1, 0.15) is 16.1 Å². The molecule has 3 nitrogen and oxygen atoms in total. The van der Waals surface area contributed by atoms with E-state index in [1.165, 1.54) is 12.8 Å². The minimum atomic E-state index is -0.246. The van der Waals surface area contributed by atoms with Crippen molar-refractivity contribution in [3.05, 3.63) is 22.2 Å². The van der Waals surface area contributed by atoms with Gasteiger partial charge in [0.15, 0.2) is 0 Å². The highest BCUT2D eigenvalue weighted by atomic mass is 32.1. The fourth-order valence-electron chi connectivity index (χ4n) is 2.75. The quantitative estimate of drug-likeness (QED) is 0.841. The lowest BCUT2D eigenvalue weighted by molar-refractivity contribution is -0.0460. The topological polar surface area (TPSA) is 37.9 Å². The van der Waals surface area contributed by atoms with Crippen LogP contribution >= 0.6 is 12.2 Å². The first-order valence-electron chi connectivity index (χ1n) is 7.14. The van der Waals surface area contributed by atoms with Gasteiger partial charge in [-0.1, -0.05) is 33.0 Å². The molecule has 1 N–H and O–H groups in total. The minimum absolute atomic E-state index is 0.0389. The van der Waals surface area contributed by atoms with Crippen molar-refractivity contribution in [3.63, 3.8) is 0 Å². The number of nitrogens with one attached hydrogen (secondary N) is 1. The van der Waals surface area contributed by atoms with E-state index in [4.69, 9.17) is 17.0 Å². The zero-order valence-corrected chi connectivity index (χ0v) is 13.2. The molecule has 0 atom stereocenters. The molecule has 0 aromatic carbocycles. The molecule has 1 aromatic heterocycles. The van der Waals surface area contributed by atoms with Crippen LogP contribution in [0, 0.1) is 4.64 Å². The Morgan fingerprint density at radius 3 is 2.53 bits per heavy atom. The summed E-state index contributed by atoms with van der Waals surface area (Å²) in [6.45, 7) is 9.29. The summed E-state index contributed by atoms with van der Waals surface area (Å²) in [5.74, 6) is 0.921. The third kappa shape index (κ3) is 3.06. The summed E-state index contributed by atoms with van der Waals surface area (Å²) in [4.78, 5) is 8.04. The van der Waals surface area contributed by atoms with Crippen molar-refractivity contribution in [2.75, 3.05) is 6.61 Å². The van der Waals surface area contributed by atoms with Crippen molar-refractivity contribution in [2.45, 2.75) is 64.4 Å². The molecule has 0 aliphatic heterocycles. The van der Waals surface area contributed by atoms with Crippen LogP contribution in [0.15, 0.2) is 6.07 Å². The van der Waals surface area contributed by atoms with Gasteiger partial charge in [-0.25, -0.2) is 4.98 Å². The third-order valence-electron chi connectivity index (χ3n) is 3.81. The van der Waals surface area contributed by atoms with E-state index >= 15 is 0 Å². The van der Waals surface area contributed by atoms with Gasteiger partial charge in [0.2, 0.25) is 0 Å². The van der Waals surface area contributed by atoms with Crippen LogP contribution in [0.1, 0.15) is 64.9 Å². The Hall–Kier alpha value is -0.740. The lowest BCUT2D eigenvalue weighted by Gasteiger charge is -2.30. The largest absolute Gasteiger partial charge is 0.367 e. The number of aromatic amines is 1. The minimum Gasteiger partial charge on any atom is -0.367 e. The molecule has 0 saturated heterocycles. The van der Waals surface area contributed by atoms with E-state index in [-0.39, 0.29) is 11.0 Å². The maximum Gasteiger partial charge on any atom is 0.140 e. The van der Waals surface area contributed by atoms with Crippen LogP contribution in [0.5, 0.6) is 0 Å². The lowest BCUT2D eigenvalue weighted by Crippen LogP contribution is -2.30. The molecule has 1 aliphatic carbocycles. The molecule has 0 spiro atoms. The Bertz CT molecular complexity index is 496. The predicted octanol–water partition coefficient (Wildman–Crippen LogP) is 4.24. The average molecular weight is 280 g/mol. The number of rotatable bonds is 3. The first-order chi connectivity index (χ1) is 8.87. The van der Waals surface area contributed by atoms with Gasteiger partial charge in [-0.15, -0.1) is 0 Å². The van der Waals surface area contributed by atoms with Crippen LogP contribution in [0.25, 0.3) is 0 Å². The van der Waals surface area contributed by atoms with Crippen molar-refractivity contribution in [1.29, 1.82) is 0 Å². The maximum absolute atomic E-state index is 6.06. The molecule has 0 radical (unpaired) electrons. The van der Waals surface area contributed by atoms with E-state index in [9.17, 15) is 0 Å². The molecular formula is C15H24N2OS. The first kappa shape index (κ1) is 14.7. The van der Waals surface area contributed by atoms with Crippen LogP contribution in [0.4, 0.5) is 0 Å².